The van der Waals surface area contributed by atoms with Crippen molar-refractivity contribution in [2.75, 3.05) is 0 Å². The molecular formula is C4H3N2Sn. The van der Waals surface area contributed by atoms with E-state index in [1.54, 1.807) is 6.20 Å². The van der Waals surface area contributed by atoms with Gasteiger partial charge in [0.15, 0.2) is 0 Å². The number of nitrogens with zero attached hydrogens (tertiary/aromatic N) is 2. The summed E-state index contributed by atoms with van der Waals surface area (Å²) in [5, 5.41) is 7.43. The molecule has 3 heteroatoms. The van der Waals surface area contributed by atoms with E-state index < -0.39 is 0 Å². The van der Waals surface area contributed by atoms with Crippen molar-refractivity contribution >= 4 is 26.2 Å². The minimum atomic E-state index is 1.05. The van der Waals surface area contributed by atoms with Crippen LogP contribution >= 0.6 is 0 Å². The van der Waals surface area contributed by atoms with Gasteiger partial charge in [0.2, 0.25) is 0 Å². The molecule has 1 aromatic heterocycles. The second-order valence-corrected chi connectivity index (χ2v) is 2.57. The fraction of sp³-hybridized carbons (Fsp3) is 0. The normalized spacial score (nSPS) is 8.71. The molecular weight excluding hydrogens is 195 g/mol. The first kappa shape index (κ1) is 5.02. The van der Waals surface area contributed by atoms with E-state index >= 15 is 0 Å². The molecule has 0 fully saturated rings. The Hall–Kier alpha value is -0.121. The molecule has 1 heterocycles. The molecule has 0 saturated carbocycles. The average Bonchev–Trinajstić information content (AvgIpc) is 1.69. The van der Waals surface area contributed by atoms with E-state index in [1.807, 2.05) is 12.1 Å². The molecule has 0 aromatic carbocycles. The van der Waals surface area contributed by atoms with Gasteiger partial charge in [-0.1, -0.05) is 0 Å². The number of hydrogen-bond donors (Lipinski definition) is 0. The van der Waals surface area contributed by atoms with Gasteiger partial charge in [0.05, 0.1) is 0 Å². The van der Waals surface area contributed by atoms with Crippen molar-refractivity contribution in [3.8, 4) is 0 Å². The Morgan fingerprint density at radius 2 is 2.43 bits per heavy atom. The predicted molar refractivity (Wildman–Crippen MR) is 27.4 cm³/mol. The van der Waals surface area contributed by atoms with Gasteiger partial charge in [0.1, 0.15) is 0 Å². The minimum absolute atomic E-state index is 1.05. The van der Waals surface area contributed by atoms with E-state index in [4.69, 9.17) is 0 Å². The average molecular weight is 198 g/mol. The Labute approximate surface area is 55.0 Å². The van der Waals surface area contributed by atoms with Crippen LogP contribution in [0, 0.1) is 0 Å². The zero-order valence-electron chi connectivity index (χ0n) is 3.63. The van der Waals surface area contributed by atoms with Gasteiger partial charge in [0, 0.05) is 0 Å². The van der Waals surface area contributed by atoms with Crippen molar-refractivity contribution in [1.29, 1.82) is 0 Å². The number of hydrogen-bond acceptors (Lipinski definition) is 2. The van der Waals surface area contributed by atoms with Crippen molar-refractivity contribution in [3.63, 3.8) is 0 Å². The first-order valence-corrected chi connectivity index (χ1v) is 3.31. The summed E-state index contributed by atoms with van der Waals surface area (Å²) in [6.07, 6.45) is 1.67. The summed E-state index contributed by atoms with van der Waals surface area (Å²) >= 11 is 1.32. The molecule has 33 valence electrons. The van der Waals surface area contributed by atoms with Gasteiger partial charge in [-0.25, -0.2) is 0 Å². The quantitative estimate of drug-likeness (QED) is 0.513. The van der Waals surface area contributed by atoms with Crippen LogP contribution in [-0.2, 0) is 0 Å². The SMILES string of the molecule is [Sn][c]1cccnn1. The van der Waals surface area contributed by atoms with E-state index in [-0.39, 0.29) is 0 Å². The fourth-order valence-electron chi connectivity index (χ4n) is 0.302. The first-order chi connectivity index (χ1) is 3.39. The van der Waals surface area contributed by atoms with E-state index in [0.717, 1.165) is 3.71 Å². The molecule has 0 aliphatic carbocycles. The van der Waals surface area contributed by atoms with Gasteiger partial charge >= 0.3 is 54.8 Å². The van der Waals surface area contributed by atoms with Crippen molar-refractivity contribution in [2.24, 2.45) is 0 Å². The van der Waals surface area contributed by atoms with E-state index in [1.165, 1.54) is 22.5 Å². The molecule has 0 saturated heterocycles. The molecule has 0 aliphatic heterocycles. The summed E-state index contributed by atoms with van der Waals surface area (Å²) < 4.78 is 1.05. The molecule has 1 aromatic rings. The summed E-state index contributed by atoms with van der Waals surface area (Å²) in [4.78, 5) is 0. The molecule has 0 bridgehead atoms. The molecule has 2 nitrogen and oxygen atoms in total. The third-order valence-corrected chi connectivity index (χ3v) is 1.33. The van der Waals surface area contributed by atoms with Gasteiger partial charge in [0.25, 0.3) is 0 Å². The Balaban J connectivity index is 3.02. The summed E-state index contributed by atoms with van der Waals surface area (Å²) in [6, 6.07) is 3.84. The maximum absolute atomic E-state index is 3.77. The van der Waals surface area contributed by atoms with Crippen LogP contribution in [0.4, 0.5) is 0 Å². The van der Waals surface area contributed by atoms with Crippen molar-refractivity contribution in [2.45, 2.75) is 0 Å². The van der Waals surface area contributed by atoms with Crippen molar-refractivity contribution in [1.82, 2.24) is 10.2 Å². The Kier molecular flexibility index (Phi) is 1.62. The summed E-state index contributed by atoms with van der Waals surface area (Å²) in [5.41, 5.74) is 0. The maximum atomic E-state index is 3.77. The molecule has 3 radical (unpaired) electrons. The predicted octanol–water partition coefficient (Wildman–Crippen LogP) is -0.730. The van der Waals surface area contributed by atoms with Crippen LogP contribution in [0.2, 0.25) is 0 Å². The van der Waals surface area contributed by atoms with E-state index in [2.05, 4.69) is 10.2 Å². The van der Waals surface area contributed by atoms with Crippen LogP contribution in [0.1, 0.15) is 0 Å². The second-order valence-electron chi connectivity index (χ2n) is 1.11. The molecule has 7 heavy (non-hydrogen) atoms. The summed E-state index contributed by atoms with van der Waals surface area (Å²) in [7, 11) is 0. The zero-order valence-corrected chi connectivity index (χ0v) is 6.48. The zero-order chi connectivity index (χ0) is 5.11. The van der Waals surface area contributed by atoms with Crippen molar-refractivity contribution < 1.29 is 0 Å². The molecule has 0 spiro atoms. The molecule has 0 unspecified atom stereocenters. The van der Waals surface area contributed by atoms with Crippen LogP contribution in [0.25, 0.3) is 0 Å². The van der Waals surface area contributed by atoms with E-state index in [9.17, 15) is 0 Å². The molecule has 0 atom stereocenters. The standard InChI is InChI=1S/C4H3N2.Sn/c1-2-4-6-5-3-1;/h1-3H;. The van der Waals surface area contributed by atoms with Crippen LogP contribution in [0.5, 0.6) is 0 Å². The van der Waals surface area contributed by atoms with E-state index in [0.29, 0.717) is 0 Å². The molecule has 1 rings (SSSR count). The Morgan fingerprint density at radius 3 is 2.71 bits per heavy atom. The number of aromatic nitrogens is 2. The molecule has 0 aliphatic rings. The second kappa shape index (κ2) is 2.25. The van der Waals surface area contributed by atoms with Gasteiger partial charge in [-0.2, -0.15) is 0 Å². The summed E-state index contributed by atoms with van der Waals surface area (Å²) in [6.45, 7) is 0. The van der Waals surface area contributed by atoms with Gasteiger partial charge in [-0.3, -0.25) is 0 Å². The Bertz CT molecular complexity index is 140. The number of rotatable bonds is 0. The van der Waals surface area contributed by atoms with Crippen molar-refractivity contribution in [3.05, 3.63) is 18.3 Å². The molecule has 0 N–H and O–H groups in total. The third kappa shape index (κ3) is 1.42. The third-order valence-electron chi connectivity index (χ3n) is 0.572. The Morgan fingerprint density at radius 1 is 1.57 bits per heavy atom. The fourth-order valence-corrected chi connectivity index (χ4v) is 0.741. The van der Waals surface area contributed by atoms with Gasteiger partial charge in [-0.15, -0.1) is 0 Å². The summed E-state index contributed by atoms with van der Waals surface area (Å²) in [5.74, 6) is 0. The molecule has 0 amide bonds. The monoisotopic (exact) mass is 199 g/mol. The first-order valence-electron chi connectivity index (χ1n) is 1.89. The van der Waals surface area contributed by atoms with Gasteiger partial charge < -0.3 is 0 Å². The topological polar surface area (TPSA) is 25.8 Å². The van der Waals surface area contributed by atoms with Gasteiger partial charge in [-0.05, 0) is 0 Å². The van der Waals surface area contributed by atoms with Crippen LogP contribution in [-0.4, -0.2) is 32.7 Å². The van der Waals surface area contributed by atoms with Crippen LogP contribution < -0.4 is 3.71 Å². The van der Waals surface area contributed by atoms with Crippen LogP contribution in [0.3, 0.4) is 0 Å². The van der Waals surface area contributed by atoms with Crippen LogP contribution in [0.15, 0.2) is 18.3 Å².